The molecular formula is C18H27N5O2S. The maximum absolute atomic E-state index is 11.5. The Hall–Kier alpha value is -2.35. The molecule has 0 radical (unpaired) electrons. The third kappa shape index (κ3) is 6.51. The van der Waals surface area contributed by atoms with Crippen LogP contribution >= 0.6 is 0 Å². The van der Waals surface area contributed by atoms with Gasteiger partial charge in [0.05, 0.1) is 4.90 Å². The van der Waals surface area contributed by atoms with E-state index in [1.807, 2.05) is 29.1 Å². The van der Waals surface area contributed by atoms with Crippen LogP contribution in [0, 0.1) is 5.92 Å². The van der Waals surface area contributed by atoms with Gasteiger partial charge in [0.15, 0.2) is 15.8 Å². The Labute approximate surface area is 155 Å². The van der Waals surface area contributed by atoms with Crippen molar-refractivity contribution < 1.29 is 8.42 Å². The lowest BCUT2D eigenvalue weighted by Crippen LogP contribution is -2.40. The van der Waals surface area contributed by atoms with Gasteiger partial charge in [0.1, 0.15) is 0 Å². The minimum Gasteiger partial charge on any atom is -0.356 e. The summed E-state index contributed by atoms with van der Waals surface area (Å²) in [4.78, 5) is 4.57. The second kappa shape index (κ2) is 9.38. The van der Waals surface area contributed by atoms with Crippen LogP contribution in [0.1, 0.15) is 12.5 Å². The van der Waals surface area contributed by atoms with Crippen LogP contribution in [0.25, 0.3) is 0 Å². The monoisotopic (exact) mass is 377 g/mol. The number of rotatable bonds is 8. The van der Waals surface area contributed by atoms with E-state index in [4.69, 9.17) is 0 Å². The normalized spacial score (nSPS) is 13.4. The van der Waals surface area contributed by atoms with Crippen LogP contribution in [-0.2, 0) is 22.8 Å². The number of aromatic nitrogens is 2. The van der Waals surface area contributed by atoms with Crippen LogP contribution in [0.15, 0.2) is 52.6 Å². The third-order valence-electron chi connectivity index (χ3n) is 3.96. The van der Waals surface area contributed by atoms with Crippen LogP contribution in [0.2, 0.25) is 0 Å². The van der Waals surface area contributed by atoms with E-state index in [9.17, 15) is 8.42 Å². The van der Waals surface area contributed by atoms with Gasteiger partial charge in [0.25, 0.3) is 0 Å². The lowest BCUT2D eigenvalue weighted by Gasteiger charge is -2.16. The molecule has 1 aromatic heterocycles. The van der Waals surface area contributed by atoms with Crippen molar-refractivity contribution in [3.05, 3.63) is 48.3 Å². The molecular weight excluding hydrogens is 350 g/mol. The third-order valence-corrected chi connectivity index (χ3v) is 5.09. The SMILES string of the molecule is CN=C(NCCc1ccc(S(C)(=O)=O)cc1)NCC(C)Cn1cccn1. The number of guanidine groups is 1. The minimum absolute atomic E-state index is 0.345. The molecule has 0 saturated carbocycles. The van der Waals surface area contributed by atoms with Crippen molar-refractivity contribution in [2.45, 2.75) is 24.8 Å². The van der Waals surface area contributed by atoms with Gasteiger partial charge in [-0.2, -0.15) is 5.10 Å². The summed E-state index contributed by atoms with van der Waals surface area (Å²) in [7, 11) is -1.40. The molecule has 0 amide bonds. The number of nitrogens with one attached hydrogen (secondary N) is 2. The van der Waals surface area contributed by atoms with Crippen LogP contribution in [-0.4, -0.2) is 50.6 Å². The Kier molecular flexibility index (Phi) is 7.20. The number of sulfone groups is 1. The molecule has 0 aliphatic carbocycles. The Morgan fingerprint density at radius 2 is 2.00 bits per heavy atom. The molecule has 8 heteroatoms. The van der Waals surface area contributed by atoms with Gasteiger partial charge in [0, 0.05) is 45.3 Å². The van der Waals surface area contributed by atoms with Gasteiger partial charge in [-0.15, -0.1) is 0 Å². The van der Waals surface area contributed by atoms with Crippen molar-refractivity contribution in [1.82, 2.24) is 20.4 Å². The minimum atomic E-state index is -3.14. The van der Waals surface area contributed by atoms with E-state index in [0.717, 1.165) is 31.0 Å². The van der Waals surface area contributed by atoms with E-state index >= 15 is 0 Å². The topological polar surface area (TPSA) is 88.4 Å². The highest BCUT2D eigenvalue weighted by Gasteiger charge is 2.07. The quantitative estimate of drug-likeness (QED) is 0.535. The van der Waals surface area contributed by atoms with E-state index in [1.165, 1.54) is 6.26 Å². The molecule has 0 spiro atoms. The summed E-state index contributed by atoms with van der Waals surface area (Å²) in [6.45, 7) is 4.52. The summed E-state index contributed by atoms with van der Waals surface area (Å²) in [5.74, 6) is 1.17. The maximum Gasteiger partial charge on any atom is 0.190 e. The zero-order chi connectivity index (χ0) is 19.0. The van der Waals surface area contributed by atoms with E-state index in [2.05, 4.69) is 27.6 Å². The average Bonchev–Trinajstić information content (AvgIpc) is 3.10. The summed E-state index contributed by atoms with van der Waals surface area (Å²) in [6, 6.07) is 8.91. The van der Waals surface area contributed by atoms with E-state index in [1.54, 1.807) is 25.4 Å². The van der Waals surface area contributed by atoms with Crippen molar-refractivity contribution in [3.63, 3.8) is 0 Å². The Morgan fingerprint density at radius 3 is 2.58 bits per heavy atom. The van der Waals surface area contributed by atoms with E-state index in [0.29, 0.717) is 17.4 Å². The molecule has 0 aliphatic heterocycles. The number of nitrogens with zero attached hydrogens (tertiary/aromatic N) is 3. The van der Waals surface area contributed by atoms with Gasteiger partial charge in [-0.3, -0.25) is 9.67 Å². The van der Waals surface area contributed by atoms with Gasteiger partial charge in [-0.05, 0) is 36.1 Å². The molecule has 0 fully saturated rings. The fraction of sp³-hybridized carbons (Fsp3) is 0.444. The second-order valence-corrected chi connectivity index (χ2v) is 8.40. The summed E-state index contributed by atoms with van der Waals surface area (Å²) in [5.41, 5.74) is 1.08. The highest BCUT2D eigenvalue weighted by atomic mass is 32.2. The molecule has 2 N–H and O–H groups in total. The predicted octanol–water partition coefficient (Wildman–Crippen LogP) is 1.33. The van der Waals surface area contributed by atoms with Crippen LogP contribution in [0.5, 0.6) is 0 Å². The highest BCUT2D eigenvalue weighted by molar-refractivity contribution is 7.90. The molecule has 2 aromatic rings. The number of aliphatic imine (C=N–C) groups is 1. The summed E-state index contributed by atoms with van der Waals surface area (Å²) < 4.78 is 24.9. The van der Waals surface area contributed by atoms with Crippen LogP contribution < -0.4 is 10.6 Å². The van der Waals surface area contributed by atoms with Gasteiger partial charge in [0.2, 0.25) is 0 Å². The van der Waals surface area contributed by atoms with Crippen molar-refractivity contribution >= 4 is 15.8 Å². The van der Waals surface area contributed by atoms with Gasteiger partial charge in [-0.1, -0.05) is 19.1 Å². The molecule has 1 atom stereocenters. The van der Waals surface area contributed by atoms with E-state index in [-0.39, 0.29) is 0 Å². The first kappa shape index (κ1) is 20.0. The van der Waals surface area contributed by atoms with E-state index < -0.39 is 9.84 Å². The number of hydrogen-bond acceptors (Lipinski definition) is 4. The summed E-state index contributed by atoms with van der Waals surface area (Å²) in [6.07, 6.45) is 5.74. The molecule has 7 nitrogen and oxygen atoms in total. The molecule has 26 heavy (non-hydrogen) atoms. The molecule has 0 bridgehead atoms. The lowest BCUT2D eigenvalue weighted by atomic mass is 10.1. The number of benzene rings is 1. The molecule has 2 rings (SSSR count). The average molecular weight is 378 g/mol. The van der Waals surface area contributed by atoms with Gasteiger partial charge in [-0.25, -0.2) is 8.42 Å². The first-order valence-corrected chi connectivity index (χ1v) is 10.5. The van der Waals surface area contributed by atoms with Crippen molar-refractivity contribution in [1.29, 1.82) is 0 Å². The molecule has 0 aliphatic rings. The molecule has 1 aromatic carbocycles. The van der Waals surface area contributed by atoms with Crippen molar-refractivity contribution in [3.8, 4) is 0 Å². The lowest BCUT2D eigenvalue weighted by molar-refractivity contribution is 0.443. The van der Waals surface area contributed by atoms with Gasteiger partial charge < -0.3 is 10.6 Å². The first-order chi connectivity index (χ1) is 12.4. The fourth-order valence-electron chi connectivity index (χ4n) is 2.51. The second-order valence-electron chi connectivity index (χ2n) is 6.38. The largest absolute Gasteiger partial charge is 0.356 e. The Balaban J connectivity index is 1.73. The zero-order valence-corrected chi connectivity index (χ0v) is 16.3. The molecule has 1 heterocycles. The molecule has 142 valence electrons. The maximum atomic E-state index is 11.5. The highest BCUT2D eigenvalue weighted by Crippen LogP contribution is 2.10. The standard InChI is InChI=1S/C18H27N5O2S/c1-15(14-23-12-4-10-22-23)13-21-18(19-2)20-11-9-16-5-7-17(8-6-16)26(3,24)25/h4-8,10,12,15H,9,11,13-14H2,1-3H3,(H2,19,20,21). The molecule has 1 unspecified atom stereocenters. The van der Waals surface area contributed by atoms with Gasteiger partial charge >= 0.3 is 0 Å². The van der Waals surface area contributed by atoms with Crippen LogP contribution in [0.3, 0.4) is 0 Å². The zero-order valence-electron chi connectivity index (χ0n) is 15.5. The fourth-order valence-corrected chi connectivity index (χ4v) is 3.14. The summed E-state index contributed by atoms with van der Waals surface area (Å²) >= 11 is 0. The van der Waals surface area contributed by atoms with Crippen LogP contribution in [0.4, 0.5) is 0 Å². The molecule has 0 saturated heterocycles. The van der Waals surface area contributed by atoms with Crippen molar-refractivity contribution in [2.75, 3.05) is 26.4 Å². The Morgan fingerprint density at radius 1 is 1.27 bits per heavy atom. The smallest absolute Gasteiger partial charge is 0.190 e. The van der Waals surface area contributed by atoms with Crippen molar-refractivity contribution in [2.24, 2.45) is 10.9 Å². The summed E-state index contributed by atoms with van der Waals surface area (Å²) in [5, 5.41) is 10.8. The number of hydrogen-bond donors (Lipinski definition) is 2. The Bertz CT molecular complexity index is 799. The first-order valence-electron chi connectivity index (χ1n) is 8.59. The predicted molar refractivity (Wildman–Crippen MR) is 104 cm³/mol.